The number of phenolic OH excluding ortho intramolecular Hbond substituents is 1. The van der Waals surface area contributed by atoms with Gasteiger partial charge >= 0.3 is 0 Å². The van der Waals surface area contributed by atoms with E-state index in [4.69, 9.17) is 0 Å². The molecule has 0 heterocycles. The molecule has 0 aromatic heterocycles. The van der Waals surface area contributed by atoms with Gasteiger partial charge < -0.3 is 5.11 Å². The molecule has 1 nitrogen and oxygen atoms in total. The van der Waals surface area contributed by atoms with Gasteiger partial charge in [0.25, 0.3) is 0 Å². The van der Waals surface area contributed by atoms with E-state index in [9.17, 15) is 9.50 Å². The molecule has 0 aliphatic carbocycles. The summed E-state index contributed by atoms with van der Waals surface area (Å²) in [7, 11) is 0. The number of benzene rings is 4. The first-order chi connectivity index (χ1) is 11.1. The minimum absolute atomic E-state index is 0.0739. The molecule has 0 unspecified atom stereocenters. The summed E-state index contributed by atoms with van der Waals surface area (Å²) in [6.45, 7) is 0. The Morgan fingerprint density at radius 2 is 1.35 bits per heavy atom. The van der Waals surface area contributed by atoms with Crippen LogP contribution in [0.1, 0.15) is 0 Å². The summed E-state index contributed by atoms with van der Waals surface area (Å²) in [4.78, 5) is 0. The Hall–Kier alpha value is -2.39. The van der Waals surface area contributed by atoms with Crippen LogP contribution in [0.15, 0.2) is 71.2 Å². The molecular weight excluding hydrogens is 355 g/mol. The van der Waals surface area contributed by atoms with Gasteiger partial charge in [-0.3, -0.25) is 0 Å². The highest BCUT2D eigenvalue weighted by Gasteiger charge is 2.15. The van der Waals surface area contributed by atoms with Crippen molar-refractivity contribution in [2.24, 2.45) is 0 Å². The van der Waals surface area contributed by atoms with Crippen molar-refractivity contribution in [1.82, 2.24) is 0 Å². The van der Waals surface area contributed by atoms with Gasteiger partial charge in [-0.25, -0.2) is 4.39 Å². The lowest BCUT2D eigenvalue weighted by Crippen LogP contribution is -1.89. The molecule has 0 radical (unpaired) electrons. The Labute approximate surface area is 141 Å². The van der Waals surface area contributed by atoms with Crippen LogP contribution in [0.2, 0.25) is 0 Å². The minimum atomic E-state index is -0.325. The fourth-order valence-corrected chi connectivity index (χ4v) is 3.51. The smallest absolute Gasteiger partial charge is 0.139 e. The summed E-state index contributed by atoms with van der Waals surface area (Å²) in [5, 5.41) is 13.6. The lowest BCUT2D eigenvalue weighted by Gasteiger charge is -2.12. The van der Waals surface area contributed by atoms with E-state index in [2.05, 4.69) is 15.9 Å². The molecule has 23 heavy (non-hydrogen) atoms. The molecule has 0 aliphatic heterocycles. The molecule has 0 saturated carbocycles. The highest BCUT2D eigenvalue weighted by Crippen LogP contribution is 2.39. The van der Waals surface area contributed by atoms with Crippen LogP contribution in [0.4, 0.5) is 4.39 Å². The van der Waals surface area contributed by atoms with Crippen LogP contribution in [-0.4, -0.2) is 5.11 Å². The van der Waals surface area contributed by atoms with Gasteiger partial charge in [0.15, 0.2) is 0 Å². The molecule has 112 valence electrons. The van der Waals surface area contributed by atoms with E-state index in [0.717, 1.165) is 20.6 Å². The number of halogens is 2. The van der Waals surface area contributed by atoms with Crippen LogP contribution < -0.4 is 0 Å². The molecule has 4 aromatic carbocycles. The molecule has 3 heteroatoms. The zero-order valence-corrected chi connectivity index (χ0v) is 13.6. The molecule has 4 aromatic rings. The molecule has 0 amide bonds. The zero-order valence-electron chi connectivity index (χ0n) is 12.1. The number of phenols is 1. The first-order valence-corrected chi connectivity index (χ1v) is 8.03. The van der Waals surface area contributed by atoms with Gasteiger partial charge in [-0.05, 0) is 34.4 Å². The maximum absolute atomic E-state index is 15.0. The van der Waals surface area contributed by atoms with Crippen molar-refractivity contribution in [2.75, 3.05) is 0 Å². The largest absolute Gasteiger partial charge is 0.507 e. The van der Waals surface area contributed by atoms with Gasteiger partial charge in [-0.15, -0.1) is 0 Å². The van der Waals surface area contributed by atoms with Gasteiger partial charge in [-0.2, -0.15) is 0 Å². The van der Waals surface area contributed by atoms with Gasteiger partial charge in [0.2, 0.25) is 0 Å². The molecular formula is C20H12BrFO. The third-order valence-corrected chi connectivity index (χ3v) is 4.74. The van der Waals surface area contributed by atoms with Crippen molar-refractivity contribution in [2.45, 2.75) is 0 Å². The van der Waals surface area contributed by atoms with Crippen LogP contribution >= 0.6 is 15.9 Å². The van der Waals surface area contributed by atoms with Crippen molar-refractivity contribution in [3.05, 3.63) is 77.0 Å². The molecule has 0 spiro atoms. The van der Waals surface area contributed by atoms with Gasteiger partial charge in [0.05, 0.1) is 0 Å². The quantitative estimate of drug-likeness (QED) is 0.421. The van der Waals surface area contributed by atoms with E-state index >= 15 is 0 Å². The normalized spacial score (nSPS) is 11.2. The molecule has 1 N–H and O–H groups in total. The van der Waals surface area contributed by atoms with Crippen LogP contribution in [0, 0.1) is 5.82 Å². The number of hydrogen-bond acceptors (Lipinski definition) is 1. The van der Waals surface area contributed by atoms with E-state index < -0.39 is 0 Å². The zero-order chi connectivity index (χ0) is 16.0. The average Bonchev–Trinajstić information content (AvgIpc) is 2.58. The van der Waals surface area contributed by atoms with Crippen LogP contribution in [0.25, 0.3) is 32.7 Å². The second-order valence-corrected chi connectivity index (χ2v) is 6.34. The van der Waals surface area contributed by atoms with Gasteiger partial charge in [0.1, 0.15) is 11.6 Å². The lowest BCUT2D eigenvalue weighted by molar-refractivity contribution is 0.477. The monoisotopic (exact) mass is 366 g/mol. The Kier molecular flexibility index (Phi) is 3.31. The average molecular weight is 367 g/mol. The van der Waals surface area contributed by atoms with Crippen LogP contribution in [-0.2, 0) is 0 Å². The van der Waals surface area contributed by atoms with Crippen molar-refractivity contribution in [3.8, 4) is 16.9 Å². The third kappa shape index (κ3) is 2.28. The number of aromatic hydroxyl groups is 1. The van der Waals surface area contributed by atoms with Crippen LogP contribution in [0.3, 0.4) is 0 Å². The summed E-state index contributed by atoms with van der Waals surface area (Å²) in [5.74, 6) is -0.251. The summed E-state index contributed by atoms with van der Waals surface area (Å²) in [5.41, 5.74) is 0.881. The van der Waals surface area contributed by atoms with Crippen molar-refractivity contribution in [3.63, 3.8) is 0 Å². The Bertz CT molecular complexity index is 1060. The van der Waals surface area contributed by atoms with Gasteiger partial charge in [0, 0.05) is 21.0 Å². The SMILES string of the molecule is Oc1cc2ccccc2cc1-c1cc(Br)c2ccccc2c1F. The standard InChI is InChI=1S/C20H12BrFO/c21-18-11-17(20(22)15-8-4-3-7-14(15)18)16-9-12-5-1-2-6-13(12)10-19(16)23/h1-11,23H. The van der Waals surface area contributed by atoms with Crippen LogP contribution in [0.5, 0.6) is 5.75 Å². The maximum atomic E-state index is 15.0. The molecule has 0 saturated heterocycles. The topological polar surface area (TPSA) is 20.2 Å². The number of hydrogen-bond donors (Lipinski definition) is 1. The molecule has 4 rings (SSSR count). The fourth-order valence-electron chi connectivity index (χ4n) is 2.94. The maximum Gasteiger partial charge on any atom is 0.139 e. The second kappa shape index (κ2) is 5.36. The summed E-state index contributed by atoms with van der Waals surface area (Å²) >= 11 is 3.51. The summed E-state index contributed by atoms with van der Waals surface area (Å²) < 4.78 is 15.8. The van der Waals surface area contributed by atoms with E-state index in [1.807, 2.05) is 48.5 Å². The molecule has 0 fully saturated rings. The first kappa shape index (κ1) is 14.2. The Morgan fingerprint density at radius 1 is 0.739 bits per heavy atom. The molecule has 0 atom stereocenters. The van der Waals surface area contributed by atoms with Crippen molar-refractivity contribution >= 4 is 37.5 Å². The van der Waals surface area contributed by atoms with Crippen molar-refractivity contribution < 1.29 is 9.50 Å². The van der Waals surface area contributed by atoms with E-state index in [0.29, 0.717) is 16.5 Å². The van der Waals surface area contributed by atoms with Crippen molar-refractivity contribution in [1.29, 1.82) is 0 Å². The Morgan fingerprint density at radius 3 is 2.09 bits per heavy atom. The predicted molar refractivity (Wildman–Crippen MR) is 96.2 cm³/mol. The first-order valence-electron chi connectivity index (χ1n) is 7.24. The minimum Gasteiger partial charge on any atom is -0.507 e. The highest BCUT2D eigenvalue weighted by molar-refractivity contribution is 9.10. The Balaban J connectivity index is 2.06. The van der Waals surface area contributed by atoms with E-state index in [1.165, 1.54) is 0 Å². The summed E-state index contributed by atoms with van der Waals surface area (Å²) in [6.07, 6.45) is 0. The lowest BCUT2D eigenvalue weighted by atomic mass is 9.97. The van der Waals surface area contributed by atoms with E-state index in [-0.39, 0.29) is 11.6 Å². The fraction of sp³-hybridized carbons (Fsp3) is 0. The third-order valence-electron chi connectivity index (χ3n) is 4.08. The second-order valence-electron chi connectivity index (χ2n) is 5.48. The predicted octanol–water partition coefficient (Wildman–Crippen LogP) is 6.27. The van der Waals surface area contributed by atoms with E-state index in [1.54, 1.807) is 18.2 Å². The number of rotatable bonds is 1. The molecule has 0 bridgehead atoms. The molecule has 0 aliphatic rings. The highest BCUT2D eigenvalue weighted by atomic mass is 79.9. The summed E-state index contributed by atoms with van der Waals surface area (Å²) in [6, 6.07) is 20.2. The number of fused-ring (bicyclic) bond motifs is 2. The van der Waals surface area contributed by atoms with Gasteiger partial charge in [-0.1, -0.05) is 64.5 Å².